The Kier molecular flexibility index (Phi) is 3.08. The van der Waals surface area contributed by atoms with Crippen molar-refractivity contribution >= 4 is 5.97 Å². The van der Waals surface area contributed by atoms with E-state index in [1.807, 2.05) is 0 Å². The zero-order chi connectivity index (χ0) is 13.6. The number of rotatable bonds is 3. The monoisotopic (exact) mass is 266 g/mol. The van der Waals surface area contributed by atoms with Crippen LogP contribution in [-0.2, 0) is 4.79 Å². The first-order chi connectivity index (χ1) is 7.49. The third-order valence-corrected chi connectivity index (χ3v) is 2.40. The first-order valence-corrected chi connectivity index (χ1v) is 4.42. The summed E-state index contributed by atoms with van der Waals surface area (Å²) in [5.41, 5.74) is -3.15. The third-order valence-electron chi connectivity index (χ3n) is 2.40. The van der Waals surface area contributed by atoms with E-state index in [-0.39, 0.29) is 5.01 Å². The minimum absolute atomic E-state index is 0.324. The summed E-state index contributed by atoms with van der Waals surface area (Å²) in [6, 6.07) is -1.89. The molecule has 1 aliphatic heterocycles. The molecule has 0 aromatic heterocycles. The van der Waals surface area contributed by atoms with Crippen LogP contribution < -0.4 is 5.43 Å². The lowest BCUT2D eigenvalue weighted by Crippen LogP contribution is -2.52. The number of hydrogen-bond acceptors (Lipinski definition) is 3. The molecule has 17 heavy (non-hydrogen) atoms. The summed E-state index contributed by atoms with van der Waals surface area (Å²) in [5.74, 6) is -1.75. The first kappa shape index (κ1) is 14.0. The van der Waals surface area contributed by atoms with Crippen LogP contribution in [0.5, 0.6) is 0 Å². The van der Waals surface area contributed by atoms with Crippen LogP contribution in [-0.4, -0.2) is 40.1 Å². The Balaban J connectivity index is 3.07. The quantitative estimate of drug-likeness (QED) is 0.600. The first-order valence-electron chi connectivity index (χ1n) is 4.42. The van der Waals surface area contributed by atoms with Gasteiger partial charge in [0, 0.05) is 0 Å². The van der Waals surface area contributed by atoms with Crippen LogP contribution in [0.4, 0.5) is 26.3 Å². The molecule has 0 radical (unpaired) electrons. The minimum atomic E-state index is -5.64. The van der Waals surface area contributed by atoms with E-state index in [9.17, 15) is 31.1 Å². The number of aliphatic carboxylic acids is 1. The second kappa shape index (κ2) is 3.73. The summed E-state index contributed by atoms with van der Waals surface area (Å²) in [6.07, 6.45) is -11.7. The fraction of sp³-hybridized carbons (Fsp3) is 0.857. The van der Waals surface area contributed by atoms with Crippen LogP contribution in [0.25, 0.3) is 0 Å². The van der Waals surface area contributed by atoms with Gasteiger partial charge in [0.05, 0.1) is 0 Å². The van der Waals surface area contributed by atoms with Crippen molar-refractivity contribution in [3.05, 3.63) is 0 Å². The summed E-state index contributed by atoms with van der Waals surface area (Å²) in [6.45, 7) is 1.18. The Labute approximate surface area is 91.2 Å². The highest BCUT2D eigenvalue weighted by molar-refractivity contribution is 5.74. The van der Waals surface area contributed by atoms with E-state index >= 15 is 0 Å². The van der Waals surface area contributed by atoms with E-state index in [0.29, 0.717) is 0 Å². The van der Waals surface area contributed by atoms with Crippen molar-refractivity contribution in [2.24, 2.45) is 0 Å². The zero-order valence-corrected chi connectivity index (χ0v) is 8.35. The molecule has 100 valence electrons. The van der Waals surface area contributed by atoms with Gasteiger partial charge in [-0.15, -0.1) is 0 Å². The minimum Gasteiger partial charge on any atom is -0.480 e. The summed E-state index contributed by atoms with van der Waals surface area (Å²) in [5, 5.41) is 8.21. The van der Waals surface area contributed by atoms with Crippen LogP contribution in [0.15, 0.2) is 0 Å². The maximum absolute atomic E-state index is 12.4. The molecule has 0 aromatic rings. The lowest BCUT2D eigenvalue weighted by molar-refractivity contribution is -0.281. The smallest absolute Gasteiger partial charge is 0.431 e. The number of hydrogen-bond donors (Lipinski definition) is 2. The SMILES string of the molecule is CCC(C(=O)O)N1NC1(C(F)(F)F)C(F)(F)F. The predicted molar refractivity (Wildman–Crippen MR) is 41.5 cm³/mol. The van der Waals surface area contributed by atoms with Crippen molar-refractivity contribution in [2.75, 3.05) is 0 Å². The molecular formula is C7H8F6N2O2. The Hall–Kier alpha value is -1.03. The highest BCUT2D eigenvalue weighted by atomic mass is 19.4. The summed E-state index contributed by atoms with van der Waals surface area (Å²) >= 11 is 0. The third kappa shape index (κ3) is 1.95. The van der Waals surface area contributed by atoms with Gasteiger partial charge in [0.2, 0.25) is 0 Å². The van der Waals surface area contributed by atoms with Gasteiger partial charge in [0.15, 0.2) is 0 Å². The molecule has 10 heteroatoms. The molecule has 1 aliphatic rings. The van der Waals surface area contributed by atoms with Gasteiger partial charge in [0.1, 0.15) is 6.04 Å². The lowest BCUT2D eigenvalue weighted by Gasteiger charge is -2.23. The maximum Gasteiger partial charge on any atom is 0.431 e. The largest absolute Gasteiger partial charge is 0.480 e. The van der Waals surface area contributed by atoms with Gasteiger partial charge in [-0.05, 0) is 6.42 Å². The van der Waals surface area contributed by atoms with Gasteiger partial charge >= 0.3 is 18.3 Å². The van der Waals surface area contributed by atoms with Crippen LogP contribution >= 0.6 is 0 Å². The van der Waals surface area contributed by atoms with Gasteiger partial charge in [-0.25, -0.2) is 5.43 Å². The van der Waals surface area contributed by atoms with Gasteiger partial charge in [-0.3, -0.25) is 4.79 Å². The number of nitrogens with one attached hydrogen (secondary N) is 1. The topological polar surface area (TPSA) is 62.2 Å². The molecule has 1 fully saturated rings. The normalized spacial score (nSPS) is 25.5. The molecule has 1 heterocycles. The standard InChI is InChI=1S/C7H8F6N2O2/c1-2-3(4(16)17)15-5(14-15,6(8,9)10)7(11,12)13/h3,14H,2H2,1H3,(H,16,17). The number of hydrazine groups is 1. The van der Waals surface area contributed by atoms with Gasteiger partial charge in [-0.2, -0.15) is 31.4 Å². The van der Waals surface area contributed by atoms with Crippen molar-refractivity contribution in [1.29, 1.82) is 0 Å². The number of alkyl halides is 6. The number of carbonyl (C=O) groups is 1. The zero-order valence-electron chi connectivity index (χ0n) is 8.35. The fourth-order valence-corrected chi connectivity index (χ4v) is 1.49. The summed E-state index contributed by atoms with van der Waals surface area (Å²) in [7, 11) is 0. The highest BCUT2D eigenvalue weighted by Gasteiger charge is 2.85. The number of halogens is 6. The average molecular weight is 266 g/mol. The van der Waals surface area contributed by atoms with E-state index in [1.54, 1.807) is 0 Å². The van der Waals surface area contributed by atoms with Gasteiger partial charge in [0.25, 0.3) is 5.66 Å². The van der Waals surface area contributed by atoms with Crippen molar-refractivity contribution in [1.82, 2.24) is 10.4 Å². The second-order valence-corrected chi connectivity index (χ2v) is 3.45. The fourth-order valence-electron chi connectivity index (χ4n) is 1.49. The predicted octanol–water partition coefficient (Wildman–Crippen LogP) is 1.49. The Bertz CT molecular complexity index is 311. The Morgan fingerprint density at radius 3 is 1.88 bits per heavy atom. The molecule has 0 aliphatic carbocycles. The van der Waals surface area contributed by atoms with E-state index in [1.165, 1.54) is 6.92 Å². The van der Waals surface area contributed by atoms with Gasteiger partial charge < -0.3 is 5.11 Å². The Morgan fingerprint density at radius 1 is 1.29 bits per heavy atom. The number of carboxylic acid groups (broad SMARTS) is 1. The summed E-state index contributed by atoms with van der Waals surface area (Å²) in [4.78, 5) is 10.5. The molecule has 2 atom stereocenters. The molecule has 2 unspecified atom stereocenters. The second-order valence-electron chi connectivity index (χ2n) is 3.45. The van der Waals surface area contributed by atoms with Crippen molar-refractivity contribution in [3.8, 4) is 0 Å². The molecule has 0 aromatic carbocycles. The van der Waals surface area contributed by atoms with Crippen LogP contribution in [0.1, 0.15) is 13.3 Å². The van der Waals surface area contributed by atoms with Crippen LogP contribution in [0, 0.1) is 0 Å². The maximum atomic E-state index is 12.4. The molecule has 0 amide bonds. The van der Waals surface area contributed by atoms with E-state index < -0.39 is 36.4 Å². The van der Waals surface area contributed by atoms with Crippen molar-refractivity contribution in [3.63, 3.8) is 0 Å². The molecule has 1 saturated heterocycles. The van der Waals surface area contributed by atoms with E-state index in [4.69, 9.17) is 5.11 Å². The van der Waals surface area contributed by atoms with Gasteiger partial charge in [-0.1, -0.05) is 6.92 Å². The molecule has 0 saturated carbocycles. The van der Waals surface area contributed by atoms with E-state index in [2.05, 4.69) is 0 Å². The summed E-state index contributed by atoms with van der Waals surface area (Å²) < 4.78 is 74.3. The lowest BCUT2D eigenvalue weighted by atomic mass is 10.1. The molecule has 1 rings (SSSR count). The molecular weight excluding hydrogens is 258 g/mol. The highest BCUT2D eigenvalue weighted by Crippen LogP contribution is 2.53. The van der Waals surface area contributed by atoms with Crippen LogP contribution in [0.3, 0.4) is 0 Å². The Morgan fingerprint density at radius 2 is 1.71 bits per heavy atom. The molecule has 0 bridgehead atoms. The molecule has 0 spiro atoms. The van der Waals surface area contributed by atoms with Crippen LogP contribution in [0.2, 0.25) is 0 Å². The van der Waals surface area contributed by atoms with Crippen molar-refractivity contribution in [2.45, 2.75) is 37.4 Å². The number of nitrogens with zero attached hydrogens (tertiary/aromatic N) is 1. The van der Waals surface area contributed by atoms with Crippen molar-refractivity contribution < 1.29 is 36.2 Å². The van der Waals surface area contributed by atoms with E-state index in [0.717, 1.165) is 5.43 Å². The average Bonchev–Trinajstić information content (AvgIpc) is 2.78. The molecule has 2 N–H and O–H groups in total. The number of carboxylic acids is 1. The molecule has 4 nitrogen and oxygen atoms in total.